The number of piperazine rings is 1. The molecule has 0 saturated carbocycles. The summed E-state index contributed by atoms with van der Waals surface area (Å²) in [6.45, 7) is 6.16. The number of hydrogen-bond donors (Lipinski definition) is 1. The average Bonchev–Trinajstić information content (AvgIpc) is 2.78. The first-order valence-electron chi connectivity index (χ1n) is 6.51. The summed E-state index contributed by atoms with van der Waals surface area (Å²) in [7, 11) is 0. The second-order valence-electron chi connectivity index (χ2n) is 5.05. The summed E-state index contributed by atoms with van der Waals surface area (Å²) in [5.74, 6) is 0.653. The molecule has 1 aliphatic rings. The Kier molecular flexibility index (Phi) is 3.87. The SMILES string of the molecule is CCC(C)C1NC(=O)CN(Cc2cc(C)on2)C1=O. The zero-order valence-corrected chi connectivity index (χ0v) is 11.5. The summed E-state index contributed by atoms with van der Waals surface area (Å²) >= 11 is 0. The highest BCUT2D eigenvalue weighted by atomic mass is 16.5. The fourth-order valence-electron chi connectivity index (χ4n) is 2.17. The lowest BCUT2D eigenvalue weighted by atomic mass is 9.96. The molecule has 1 aromatic rings. The number of carbonyl (C=O) groups is 2. The van der Waals surface area contributed by atoms with E-state index < -0.39 is 6.04 Å². The second kappa shape index (κ2) is 5.42. The van der Waals surface area contributed by atoms with E-state index in [0.717, 1.165) is 6.42 Å². The second-order valence-corrected chi connectivity index (χ2v) is 5.05. The monoisotopic (exact) mass is 265 g/mol. The number of carbonyl (C=O) groups excluding carboxylic acids is 2. The van der Waals surface area contributed by atoms with E-state index in [0.29, 0.717) is 18.0 Å². The van der Waals surface area contributed by atoms with Gasteiger partial charge in [-0.2, -0.15) is 0 Å². The van der Waals surface area contributed by atoms with Crippen LogP contribution in [-0.4, -0.2) is 34.5 Å². The van der Waals surface area contributed by atoms with Gasteiger partial charge in [-0.25, -0.2) is 0 Å². The van der Waals surface area contributed by atoms with Crippen LogP contribution in [0.25, 0.3) is 0 Å². The molecule has 2 amide bonds. The van der Waals surface area contributed by atoms with Crippen LogP contribution in [0.15, 0.2) is 10.6 Å². The molecular formula is C13H19N3O3. The van der Waals surface area contributed by atoms with Gasteiger partial charge in [-0.1, -0.05) is 25.4 Å². The van der Waals surface area contributed by atoms with Crippen molar-refractivity contribution in [1.82, 2.24) is 15.4 Å². The van der Waals surface area contributed by atoms with Gasteiger partial charge in [0, 0.05) is 6.07 Å². The largest absolute Gasteiger partial charge is 0.361 e. The fourth-order valence-corrected chi connectivity index (χ4v) is 2.17. The molecule has 6 heteroatoms. The Morgan fingerprint density at radius 3 is 2.89 bits per heavy atom. The molecule has 2 unspecified atom stereocenters. The van der Waals surface area contributed by atoms with E-state index in [1.165, 1.54) is 4.90 Å². The van der Waals surface area contributed by atoms with Crippen molar-refractivity contribution in [3.63, 3.8) is 0 Å². The van der Waals surface area contributed by atoms with Crippen molar-refractivity contribution in [3.05, 3.63) is 17.5 Å². The molecule has 1 fully saturated rings. The minimum absolute atomic E-state index is 0.0467. The Balaban J connectivity index is 2.11. The van der Waals surface area contributed by atoms with Crippen LogP contribution in [0.4, 0.5) is 0 Å². The van der Waals surface area contributed by atoms with Crippen molar-refractivity contribution in [2.75, 3.05) is 6.54 Å². The van der Waals surface area contributed by atoms with Crippen molar-refractivity contribution >= 4 is 11.8 Å². The van der Waals surface area contributed by atoms with Crippen LogP contribution in [0.5, 0.6) is 0 Å². The maximum absolute atomic E-state index is 12.3. The third-order valence-corrected chi connectivity index (χ3v) is 3.47. The zero-order chi connectivity index (χ0) is 14.0. The van der Waals surface area contributed by atoms with Gasteiger partial charge in [0.2, 0.25) is 11.8 Å². The fraction of sp³-hybridized carbons (Fsp3) is 0.615. The van der Waals surface area contributed by atoms with Gasteiger partial charge in [0.1, 0.15) is 24.0 Å². The highest BCUT2D eigenvalue weighted by Gasteiger charge is 2.35. The lowest BCUT2D eigenvalue weighted by Crippen LogP contribution is -2.59. The maximum atomic E-state index is 12.3. The van der Waals surface area contributed by atoms with E-state index in [9.17, 15) is 9.59 Å². The Morgan fingerprint density at radius 2 is 2.32 bits per heavy atom. The molecule has 0 aliphatic carbocycles. The van der Waals surface area contributed by atoms with Crippen LogP contribution in [0.3, 0.4) is 0 Å². The van der Waals surface area contributed by atoms with E-state index in [4.69, 9.17) is 4.52 Å². The summed E-state index contributed by atoms with van der Waals surface area (Å²) in [4.78, 5) is 25.6. The van der Waals surface area contributed by atoms with Crippen LogP contribution >= 0.6 is 0 Å². The van der Waals surface area contributed by atoms with E-state index in [1.807, 2.05) is 13.8 Å². The van der Waals surface area contributed by atoms with Crippen LogP contribution in [-0.2, 0) is 16.1 Å². The normalized spacial score (nSPS) is 21.4. The summed E-state index contributed by atoms with van der Waals surface area (Å²) < 4.78 is 4.98. The molecule has 0 radical (unpaired) electrons. The third kappa shape index (κ3) is 2.94. The predicted octanol–water partition coefficient (Wildman–Crippen LogP) is 0.856. The maximum Gasteiger partial charge on any atom is 0.246 e. The number of amides is 2. The molecule has 1 aromatic heterocycles. The first kappa shape index (κ1) is 13.6. The molecule has 2 rings (SSSR count). The van der Waals surface area contributed by atoms with E-state index in [-0.39, 0.29) is 24.3 Å². The molecule has 2 heterocycles. The Bertz CT molecular complexity index is 483. The van der Waals surface area contributed by atoms with Crippen molar-refractivity contribution in [2.45, 2.75) is 39.8 Å². The molecule has 1 aliphatic heterocycles. The zero-order valence-electron chi connectivity index (χ0n) is 11.5. The lowest BCUT2D eigenvalue weighted by molar-refractivity contribution is -0.146. The molecule has 1 N–H and O–H groups in total. The molecule has 0 spiro atoms. The van der Waals surface area contributed by atoms with Crippen molar-refractivity contribution in [1.29, 1.82) is 0 Å². The van der Waals surface area contributed by atoms with Gasteiger partial charge in [0.05, 0.1) is 6.54 Å². The Morgan fingerprint density at radius 1 is 1.58 bits per heavy atom. The average molecular weight is 265 g/mol. The van der Waals surface area contributed by atoms with Gasteiger partial charge in [-0.3, -0.25) is 9.59 Å². The number of nitrogens with one attached hydrogen (secondary N) is 1. The summed E-state index contributed by atoms with van der Waals surface area (Å²) in [6, 6.07) is 1.34. The first-order chi connectivity index (χ1) is 9.01. The van der Waals surface area contributed by atoms with Gasteiger partial charge in [-0.15, -0.1) is 0 Å². The van der Waals surface area contributed by atoms with Gasteiger partial charge >= 0.3 is 0 Å². The molecule has 1 saturated heterocycles. The number of rotatable bonds is 4. The van der Waals surface area contributed by atoms with Crippen LogP contribution in [0.2, 0.25) is 0 Å². The summed E-state index contributed by atoms with van der Waals surface area (Å²) in [6.07, 6.45) is 0.841. The smallest absolute Gasteiger partial charge is 0.246 e. The van der Waals surface area contributed by atoms with Crippen LogP contribution in [0.1, 0.15) is 31.7 Å². The van der Waals surface area contributed by atoms with Gasteiger partial charge in [-0.05, 0) is 12.8 Å². The third-order valence-electron chi connectivity index (χ3n) is 3.47. The predicted molar refractivity (Wildman–Crippen MR) is 68.0 cm³/mol. The van der Waals surface area contributed by atoms with Crippen LogP contribution in [0, 0.1) is 12.8 Å². The first-order valence-corrected chi connectivity index (χ1v) is 6.51. The molecule has 0 bridgehead atoms. The summed E-state index contributed by atoms with van der Waals surface area (Å²) in [5, 5.41) is 6.62. The Labute approximate surface area is 112 Å². The highest BCUT2D eigenvalue weighted by Crippen LogP contribution is 2.16. The summed E-state index contributed by atoms with van der Waals surface area (Å²) in [5.41, 5.74) is 0.670. The molecular weight excluding hydrogens is 246 g/mol. The molecule has 104 valence electrons. The molecule has 6 nitrogen and oxygen atoms in total. The van der Waals surface area contributed by atoms with Gasteiger partial charge < -0.3 is 14.7 Å². The minimum Gasteiger partial charge on any atom is -0.361 e. The van der Waals surface area contributed by atoms with Crippen LogP contribution < -0.4 is 5.32 Å². The van der Waals surface area contributed by atoms with E-state index >= 15 is 0 Å². The molecule has 2 atom stereocenters. The number of hydrogen-bond acceptors (Lipinski definition) is 4. The van der Waals surface area contributed by atoms with Crippen molar-refractivity contribution < 1.29 is 14.1 Å². The van der Waals surface area contributed by atoms with Gasteiger partial charge in [0.25, 0.3) is 0 Å². The van der Waals surface area contributed by atoms with Crippen molar-refractivity contribution in [3.8, 4) is 0 Å². The quantitative estimate of drug-likeness (QED) is 0.876. The molecule has 19 heavy (non-hydrogen) atoms. The van der Waals surface area contributed by atoms with E-state index in [1.54, 1.807) is 13.0 Å². The minimum atomic E-state index is -0.431. The number of aromatic nitrogens is 1. The highest BCUT2D eigenvalue weighted by molar-refractivity contribution is 5.94. The van der Waals surface area contributed by atoms with Crippen molar-refractivity contribution in [2.24, 2.45) is 5.92 Å². The van der Waals surface area contributed by atoms with E-state index in [2.05, 4.69) is 10.5 Å². The Hall–Kier alpha value is -1.85. The number of nitrogens with zero attached hydrogens (tertiary/aromatic N) is 2. The lowest BCUT2D eigenvalue weighted by Gasteiger charge is -2.34. The molecule has 0 aromatic carbocycles. The van der Waals surface area contributed by atoms with Gasteiger partial charge in [0.15, 0.2) is 0 Å². The standard InChI is InChI=1S/C13H19N3O3/c1-4-8(2)12-13(18)16(7-11(17)14-12)6-10-5-9(3)19-15-10/h5,8,12H,4,6-7H2,1-3H3,(H,14,17). The number of aryl methyl sites for hydroxylation is 1. The topological polar surface area (TPSA) is 75.4 Å².